The number of hydrogen-bond acceptors (Lipinski definition) is 6. The van der Waals surface area contributed by atoms with Crippen molar-refractivity contribution in [3.63, 3.8) is 0 Å². The SMILES string of the molecule is COCc1nc(C(C)N2CCNCC2)no1. The lowest BCUT2D eigenvalue weighted by Crippen LogP contribution is -2.44. The first-order valence-corrected chi connectivity index (χ1v) is 5.57. The van der Waals surface area contributed by atoms with Gasteiger partial charge < -0.3 is 14.6 Å². The van der Waals surface area contributed by atoms with E-state index >= 15 is 0 Å². The van der Waals surface area contributed by atoms with Gasteiger partial charge in [0.1, 0.15) is 6.61 Å². The summed E-state index contributed by atoms with van der Waals surface area (Å²) in [6.45, 7) is 6.57. The number of methoxy groups -OCH3 is 1. The minimum atomic E-state index is 0.205. The van der Waals surface area contributed by atoms with Gasteiger partial charge in [0.15, 0.2) is 5.82 Å². The van der Waals surface area contributed by atoms with Gasteiger partial charge in [0.2, 0.25) is 0 Å². The van der Waals surface area contributed by atoms with E-state index in [1.807, 2.05) is 0 Å². The number of piperazine rings is 1. The van der Waals surface area contributed by atoms with E-state index in [1.165, 1.54) is 0 Å². The van der Waals surface area contributed by atoms with Gasteiger partial charge in [-0.15, -0.1) is 0 Å². The van der Waals surface area contributed by atoms with E-state index in [4.69, 9.17) is 9.26 Å². The highest BCUT2D eigenvalue weighted by Crippen LogP contribution is 2.17. The van der Waals surface area contributed by atoms with Gasteiger partial charge in [-0.1, -0.05) is 5.16 Å². The Bertz CT molecular complexity index is 322. The summed E-state index contributed by atoms with van der Waals surface area (Å²) in [7, 11) is 1.61. The number of rotatable bonds is 4. The molecule has 16 heavy (non-hydrogen) atoms. The highest BCUT2D eigenvalue weighted by molar-refractivity contribution is 4.93. The topological polar surface area (TPSA) is 63.4 Å². The van der Waals surface area contributed by atoms with E-state index in [1.54, 1.807) is 7.11 Å². The first-order chi connectivity index (χ1) is 7.81. The maximum atomic E-state index is 5.09. The second-order valence-corrected chi connectivity index (χ2v) is 3.94. The van der Waals surface area contributed by atoms with Crippen molar-refractivity contribution < 1.29 is 9.26 Å². The third-order valence-electron chi connectivity index (χ3n) is 2.82. The lowest BCUT2D eigenvalue weighted by molar-refractivity contribution is 0.151. The lowest BCUT2D eigenvalue weighted by atomic mass is 10.2. The molecule has 1 atom stereocenters. The van der Waals surface area contributed by atoms with Crippen LogP contribution < -0.4 is 5.32 Å². The molecule has 1 aromatic rings. The van der Waals surface area contributed by atoms with Crippen LogP contribution in [0.25, 0.3) is 0 Å². The molecule has 2 rings (SSSR count). The molecule has 1 N–H and O–H groups in total. The molecule has 1 fully saturated rings. The largest absolute Gasteiger partial charge is 0.375 e. The lowest BCUT2D eigenvalue weighted by Gasteiger charge is -2.30. The second kappa shape index (κ2) is 5.38. The summed E-state index contributed by atoms with van der Waals surface area (Å²) in [5, 5.41) is 7.30. The van der Waals surface area contributed by atoms with Crippen molar-refractivity contribution in [2.45, 2.75) is 19.6 Å². The van der Waals surface area contributed by atoms with Gasteiger partial charge in [0.25, 0.3) is 5.89 Å². The maximum Gasteiger partial charge on any atom is 0.252 e. The molecule has 1 unspecified atom stereocenters. The average Bonchev–Trinajstić information content (AvgIpc) is 2.78. The Balaban J connectivity index is 1.98. The number of nitrogens with one attached hydrogen (secondary N) is 1. The molecular formula is C10H18N4O2. The summed E-state index contributed by atoms with van der Waals surface area (Å²) in [4.78, 5) is 6.66. The number of hydrogen-bond donors (Lipinski definition) is 1. The minimum Gasteiger partial charge on any atom is -0.375 e. The van der Waals surface area contributed by atoms with Crippen LogP contribution >= 0.6 is 0 Å². The predicted molar refractivity (Wildman–Crippen MR) is 57.9 cm³/mol. The highest BCUT2D eigenvalue weighted by Gasteiger charge is 2.22. The van der Waals surface area contributed by atoms with Crippen LogP contribution in [0.3, 0.4) is 0 Å². The van der Waals surface area contributed by atoms with Gasteiger partial charge in [-0.25, -0.2) is 0 Å². The first kappa shape index (κ1) is 11.5. The van der Waals surface area contributed by atoms with Crippen LogP contribution in [0.1, 0.15) is 24.7 Å². The predicted octanol–water partition coefficient (Wildman–Crippen LogP) is 0.182. The molecule has 1 aromatic heterocycles. The van der Waals surface area contributed by atoms with Crippen molar-refractivity contribution in [2.75, 3.05) is 33.3 Å². The fraction of sp³-hybridized carbons (Fsp3) is 0.800. The maximum absolute atomic E-state index is 5.09. The van der Waals surface area contributed by atoms with Gasteiger partial charge in [-0.3, -0.25) is 4.90 Å². The molecule has 0 bridgehead atoms. The normalized spacial score (nSPS) is 19.9. The van der Waals surface area contributed by atoms with Gasteiger partial charge >= 0.3 is 0 Å². The summed E-state index contributed by atoms with van der Waals surface area (Å²) in [5.41, 5.74) is 0. The van der Waals surface area contributed by atoms with Crippen LogP contribution in [-0.2, 0) is 11.3 Å². The third-order valence-corrected chi connectivity index (χ3v) is 2.82. The van der Waals surface area contributed by atoms with Crippen LogP contribution in [0.2, 0.25) is 0 Å². The van der Waals surface area contributed by atoms with Crippen LogP contribution in [-0.4, -0.2) is 48.3 Å². The van der Waals surface area contributed by atoms with Gasteiger partial charge in [-0.2, -0.15) is 4.98 Å². The molecule has 6 nitrogen and oxygen atoms in total. The average molecular weight is 226 g/mol. The summed E-state index contributed by atoms with van der Waals surface area (Å²) in [6, 6.07) is 0.205. The van der Waals surface area contributed by atoms with Gasteiger partial charge in [-0.05, 0) is 6.92 Å². The highest BCUT2D eigenvalue weighted by atomic mass is 16.5. The number of nitrogens with zero attached hydrogens (tertiary/aromatic N) is 3. The van der Waals surface area contributed by atoms with Gasteiger partial charge in [0.05, 0.1) is 6.04 Å². The second-order valence-electron chi connectivity index (χ2n) is 3.94. The monoisotopic (exact) mass is 226 g/mol. The zero-order valence-electron chi connectivity index (χ0n) is 9.77. The van der Waals surface area contributed by atoms with E-state index in [2.05, 4.69) is 27.3 Å². The molecule has 0 radical (unpaired) electrons. The Hall–Kier alpha value is -0.980. The molecule has 0 spiro atoms. The van der Waals surface area contributed by atoms with Crippen molar-refractivity contribution in [1.82, 2.24) is 20.4 Å². The van der Waals surface area contributed by atoms with Crippen molar-refractivity contribution in [2.24, 2.45) is 0 Å². The van der Waals surface area contributed by atoms with E-state index in [0.29, 0.717) is 12.5 Å². The summed E-state index contributed by atoms with van der Waals surface area (Å²) in [5.74, 6) is 1.29. The summed E-state index contributed by atoms with van der Waals surface area (Å²) >= 11 is 0. The van der Waals surface area contributed by atoms with Crippen LogP contribution in [0, 0.1) is 0 Å². The van der Waals surface area contributed by atoms with E-state index in [-0.39, 0.29) is 6.04 Å². The fourth-order valence-electron chi connectivity index (χ4n) is 1.85. The minimum absolute atomic E-state index is 0.205. The molecule has 2 heterocycles. The van der Waals surface area contributed by atoms with Gasteiger partial charge in [0, 0.05) is 33.3 Å². The molecule has 0 amide bonds. The Kier molecular flexibility index (Phi) is 3.87. The van der Waals surface area contributed by atoms with E-state index in [9.17, 15) is 0 Å². The van der Waals surface area contributed by atoms with Crippen LogP contribution in [0.4, 0.5) is 0 Å². The quantitative estimate of drug-likeness (QED) is 0.790. The number of aromatic nitrogens is 2. The molecule has 0 saturated carbocycles. The molecule has 1 aliphatic heterocycles. The molecular weight excluding hydrogens is 208 g/mol. The Labute approximate surface area is 95.0 Å². The molecule has 1 aliphatic rings. The standard InChI is InChI=1S/C10H18N4O2/c1-8(14-5-3-11-4-6-14)10-12-9(7-15-2)16-13-10/h8,11H,3-7H2,1-2H3. The molecule has 0 aliphatic carbocycles. The zero-order chi connectivity index (χ0) is 11.4. The molecule has 6 heteroatoms. The van der Waals surface area contributed by atoms with Crippen LogP contribution in [0.15, 0.2) is 4.52 Å². The Morgan fingerprint density at radius 3 is 2.94 bits per heavy atom. The fourth-order valence-corrected chi connectivity index (χ4v) is 1.85. The molecule has 1 saturated heterocycles. The smallest absolute Gasteiger partial charge is 0.252 e. The van der Waals surface area contributed by atoms with Crippen LogP contribution in [0.5, 0.6) is 0 Å². The first-order valence-electron chi connectivity index (χ1n) is 5.57. The summed E-state index contributed by atoms with van der Waals surface area (Å²) in [6.07, 6.45) is 0. The van der Waals surface area contributed by atoms with E-state index in [0.717, 1.165) is 32.0 Å². The number of ether oxygens (including phenoxy) is 1. The summed E-state index contributed by atoms with van der Waals surface area (Å²) < 4.78 is 10.0. The zero-order valence-corrected chi connectivity index (χ0v) is 9.77. The van der Waals surface area contributed by atoms with Crippen molar-refractivity contribution in [3.8, 4) is 0 Å². The molecule has 90 valence electrons. The van der Waals surface area contributed by atoms with Crippen molar-refractivity contribution in [3.05, 3.63) is 11.7 Å². The van der Waals surface area contributed by atoms with E-state index < -0.39 is 0 Å². The van der Waals surface area contributed by atoms with Crippen molar-refractivity contribution in [1.29, 1.82) is 0 Å². The third kappa shape index (κ3) is 2.58. The molecule has 0 aromatic carbocycles. The Morgan fingerprint density at radius 2 is 2.25 bits per heavy atom. The van der Waals surface area contributed by atoms with Crippen molar-refractivity contribution >= 4 is 0 Å². The Morgan fingerprint density at radius 1 is 1.50 bits per heavy atom.